The number of aliphatic carboxylic acids is 1. The van der Waals surface area contributed by atoms with Crippen LogP contribution >= 0.6 is 0 Å². The summed E-state index contributed by atoms with van der Waals surface area (Å²) >= 11 is 0. The summed E-state index contributed by atoms with van der Waals surface area (Å²) in [5, 5.41) is 8.90. The number of benzene rings is 1. The maximum atomic E-state index is 11.0. The van der Waals surface area contributed by atoms with E-state index < -0.39 is 12.0 Å². The van der Waals surface area contributed by atoms with E-state index >= 15 is 0 Å². The molecule has 0 saturated carbocycles. The average Bonchev–Trinajstić information content (AvgIpc) is 2.23. The van der Waals surface area contributed by atoms with Crippen LogP contribution < -0.4 is 4.90 Å². The molecule has 0 spiro atoms. The Labute approximate surface area is 94.5 Å². The minimum atomic E-state index is -1.02. The van der Waals surface area contributed by atoms with Gasteiger partial charge in [0.15, 0.2) is 0 Å². The molecule has 4 nitrogen and oxygen atoms in total. The first kappa shape index (κ1) is 12.2. The molecule has 0 radical (unpaired) electrons. The van der Waals surface area contributed by atoms with Crippen LogP contribution in [-0.2, 0) is 9.59 Å². The fourth-order valence-corrected chi connectivity index (χ4v) is 1.47. The van der Waals surface area contributed by atoms with Crippen molar-refractivity contribution in [2.24, 2.45) is 0 Å². The molecule has 0 aliphatic carbocycles. The quantitative estimate of drug-likeness (QED) is 0.788. The second-order valence-corrected chi connectivity index (χ2v) is 3.82. The van der Waals surface area contributed by atoms with Gasteiger partial charge in [-0.2, -0.15) is 0 Å². The molecular formula is C12H15NO3. The third-order valence-electron chi connectivity index (χ3n) is 2.53. The van der Waals surface area contributed by atoms with Crippen LogP contribution in [0.25, 0.3) is 0 Å². The number of aryl methyl sites for hydroxylation is 2. The third kappa shape index (κ3) is 2.39. The number of hydrogen-bond acceptors (Lipinski definition) is 2. The van der Waals surface area contributed by atoms with Crippen molar-refractivity contribution in [1.29, 1.82) is 0 Å². The maximum absolute atomic E-state index is 11.0. The first-order valence-corrected chi connectivity index (χ1v) is 5.01. The second-order valence-electron chi connectivity index (χ2n) is 3.82. The highest BCUT2D eigenvalue weighted by Gasteiger charge is 2.21. The van der Waals surface area contributed by atoms with E-state index in [1.807, 2.05) is 32.0 Å². The van der Waals surface area contributed by atoms with Gasteiger partial charge in [0, 0.05) is 5.69 Å². The van der Waals surface area contributed by atoms with Crippen molar-refractivity contribution in [3.8, 4) is 0 Å². The van der Waals surface area contributed by atoms with Gasteiger partial charge in [0.2, 0.25) is 6.41 Å². The van der Waals surface area contributed by atoms with Crippen molar-refractivity contribution in [3.63, 3.8) is 0 Å². The Hall–Kier alpha value is -1.84. The summed E-state index contributed by atoms with van der Waals surface area (Å²) in [5.74, 6) is -1.02. The number of rotatable bonds is 4. The summed E-state index contributed by atoms with van der Waals surface area (Å²) in [4.78, 5) is 23.1. The number of anilines is 1. The molecular weight excluding hydrogens is 206 g/mol. The zero-order valence-electron chi connectivity index (χ0n) is 9.60. The van der Waals surface area contributed by atoms with E-state index in [0.29, 0.717) is 12.1 Å². The van der Waals surface area contributed by atoms with E-state index in [0.717, 1.165) is 11.1 Å². The van der Waals surface area contributed by atoms with E-state index in [2.05, 4.69) is 0 Å². The summed E-state index contributed by atoms with van der Waals surface area (Å²) in [7, 11) is 0. The van der Waals surface area contributed by atoms with Gasteiger partial charge in [-0.1, -0.05) is 12.1 Å². The van der Waals surface area contributed by atoms with Gasteiger partial charge in [-0.25, -0.2) is 4.79 Å². The van der Waals surface area contributed by atoms with Gasteiger partial charge in [-0.15, -0.1) is 0 Å². The van der Waals surface area contributed by atoms with Crippen LogP contribution in [0, 0.1) is 13.8 Å². The molecule has 16 heavy (non-hydrogen) atoms. The number of carbonyl (C=O) groups is 2. The lowest BCUT2D eigenvalue weighted by atomic mass is 10.1. The Balaban J connectivity index is 3.17. The summed E-state index contributed by atoms with van der Waals surface area (Å²) in [6.07, 6.45) is 0.556. The predicted molar refractivity (Wildman–Crippen MR) is 61.6 cm³/mol. The van der Waals surface area contributed by atoms with Crippen LogP contribution in [0.3, 0.4) is 0 Å². The Morgan fingerprint density at radius 2 is 2.06 bits per heavy atom. The molecule has 0 aliphatic rings. The summed E-state index contributed by atoms with van der Waals surface area (Å²) in [6, 6.07) is 4.74. The zero-order chi connectivity index (χ0) is 12.3. The van der Waals surface area contributed by atoms with Gasteiger partial charge < -0.3 is 10.0 Å². The number of carboxylic acid groups (broad SMARTS) is 1. The van der Waals surface area contributed by atoms with Crippen molar-refractivity contribution in [2.75, 3.05) is 4.90 Å². The Bertz CT molecular complexity index is 415. The largest absolute Gasteiger partial charge is 0.480 e. The minimum absolute atomic E-state index is 0.556. The SMILES string of the molecule is Cc1ccc(C)c(N(C=O)C(C)C(=O)O)c1. The van der Waals surface area contributed by atoms with Gasteiger partial charge >= 0.3 is 5.97 Å². The van der Waals surface area contributed by atoms with Crippen molar-refractivity contribution in [1.82, 2.24) is 0 Å². The van der Waals surface area contributed by atoms with Crippen LogP contribution in [0.4, 0.5) is 5.69 Å². The Kier molecular flexibility index (Phi) is 3.66. The van der Waals surface area contributed by atoms with E-state index in [-0.39, 0.29) is 0 Å². The fourth-order valence-electron chi connectivity index (χ4n) is 1.47. The molecule has 1 atom stereocenters. The van der Waals surface area contributed by atoms with Crippen LogP contribution in [0.2, 0.25) is 0 Å². The minimum Gasteiger partial charge on any atom is -0.480 e. The molecule has 1 rings (SSSR count). The Morgan fingerprint density at radius 3 is 2.56 bits per heavy atom. The van der Waals surface area contributed by atoms with Crippen LogP contribution in [0.15, 0.2) is 18.2 Å². The maximum Gasteiger partial charge on any atom is 0.326 e. The van der Waals surface area contributed by atoms with Crippen molar-refractivity contribution < 1.29 is 14.7 Å². The van der Waals surface area contributed by atoms with Crippen molar-refractivity contribution in [2.45, 2.75) is 26.8 Å². The molecule has 0 fully saturated rings. The monoisotopic (exact) mass is 221 g/mol. The molecule has 1 aromatic rings. The molecule has 1 amide bonds. The average molecular weight is 221 g/mol. The molecule has 1 aromatic carbocycles. The highest BCUT2D eigenvalue weighted by atomic mass is 16.4. The predicted octanol–water partition coefficient (Wildman–Crippen LogP) is 1.74. The lowest BCUT2D eigenvalue weighted by Gasteiger charge is -2.23. The van der Waals surface area contributed by atoms with Crippen LogP contribution in [0.1, 0.15) is 18.1 Å². The molecule has 0 saturated heterocycles. The number of amides is 1. The van der Waals surface area contributed by atoms with Crippen molar-refractivity contribution >= 4 is 18.1 Å². The summed E-state index contributed by atoms with van der Waals surface area (Å²) in [5.41, 5.74) is 2.51. The van der Waals surface area contributed by atoms with Gasteiger partial charge in [0.1, 0.15) is 6.04 Å². The highest BCUT2D eigenvalue weighted by molar-refractivity contribution is 5.88. The smallest absolute Gasteiger partial charge is 0.326 e. The summed E-state index contributed by atoms with van der Waals surface area (Å²) in [6.45, 7) is 5.23. The van der Waals surface area contributed by atoms with E-state index in [1.54, 1.807) is 0 Å². The van der Waals surface area contributed by atoms with E-state index in [1.165, 1.54) is 11.8 Å². The highest BCUT2D eigenvalue weighted by Crippen LogP contribution is 2.22. The van der Waals surface area contributed by atoms with Gasteiger partial charge in [0.05, 0.1) is 0 Å². The number of carbonyl (C=O) groups excluding carboxylic acids is 1. The number of hydrogen-bond donors (Lipinski definition) is 1. The second kappa shape index (κ2) is 4.79. The molecule has 0 heterocycles. The fraction of sp³-hybridized carbons (Fsp3) is 0.333. The topological polar surface area (TPSA) is 57.6 Å². The Morgan fingerprint density at radius 1 is 1.44 bits per heavy atom. The number of nitrogens with zero attached hydrogens (tertiary/aromatic N) is 1. The number of carboxylic acids is 1. The molecule has 1 unspecified atom stereocenters. The molecule has 0 aliphatic heterocycles. The molecule has 1 N–H and O–H groups in total. The molecule has 0 bridgehead atoms. The van der Waals surface area contributed by atoms with Crippen LogP contribution in [0.5, 0.6) is 0 Å². The first-order valence-electron chi connectivity index (χ1n) is 5.01. The standard InChI is InChI=1S/C12H15NO3/c1-8-4-5-9(2)11(6-8)13(7-14)10(3)12(15)16/h4-7,10H,1-3H3,(H,15,16). The van der Waals surface area contributed by atoms with Gasteiger partial charge in [0.25, 0.3) is 0 Å². The van der Waals surface area contributed by atoms with Gasteiger partial charge in [-0.05, 0) is 38.0 Å². The van der Waals surface area contributed by atoms with E-state index in [9.17, 15) is 9.59 Å². The summed E-state index contributed by atoms with van der Waals surface area (Å²) < 4.78 is 0. The first-order chi connectivity index (χ1) is 7.47. The third-order valence-corrected chi connectivity index (χ3v) is 2.53. The molecule has 0 aromatic heterocycles. The normalized spacial score (nSPS) is 11.9. The lowest BCUT2D eigenvalue weighted by Crippen LogP contribution is -2.38. The van der Waals surface area contributed by atoms with E-state index in [4.69, 9.17) is 5.11 Å². The lowest BCUT2D eigenvalue weighted by molar-refractivity contribution is -0.138. The van der Waals surface area contributed by atoms with Crippen molar-refractivity contribution in [3.05, 3.63) is 29.3 Å². The molecule has 4 heteroatoms. The van der Waals surface area contributed by atoms with Crippen LogP contribution in [-0.4, -0.2) is 23.5 Å². The van der Waals surface area contributed by atoms with Gasteiger partial charge in [-0.3, -0.25) is 4.79 Å². The molecule has 86 valence electrons. The zero-order valence-corrected chi connectivity index (χ0v) is 9.60.